The molecule has 1 aromatic carbocycles. The first-order valence-corrected chi connectivity index (χ1v) is 17.9. The topological polar surface area (TPSA) is 162 Å². The first-order valence-electron chi connectivity index (χ1n) is 17.9. The van der Waals surface area contributed by atoms with E-state index >= 15 is 0 Å². The number of carbonyl (C=O) groups is 4. The number of fused-ring (bicyclic) bond motifs is 7. The van der Waals surface area contributed by atoms with Crippen LogP contribution in [0.5, 0.6) is 0 Å². The van der Waals surface area contributed by atoms with E-state index in [1.165, 1.54) is 20.8 Å². The Bertz CT molecular complexity index is 1660. The fourth-order valence-corrected chi connectivity index (χ4v) is 10.1. The van der Waals surface area contributed by atoms with Gasteiger partial charge in [-0.25, -0.2) is 4.79 Å². The lowest BCUT2D eigenvalue weighted by Crippen LogP contribution is -2.73. The van der Waals surface area contributed by atoms with Crippen molar-refractivity contribution in [3.05, 3.63) is 47.0 Å². The minimum atomic E-state index is -1.71. The van der Waals surface area contributed by atoms with Crippen LogP contribution >= 0.6 is 0 Å². The molecule has 52 heavy (non-hydrogen) atoms. The molecule has 4 fully saturated rings. The number of esters is 4. The van der Waals surface area contributed by atoms with E-state index in [-0.39, 0.29) is 25.0 Å². The van der Waals surface area contributed by atoms with Crippen LogP contribution in [0.15, 0.2) is 41.5 Å². The molecule has 6 rings (SSSR count). The van der Waals surface area contributed by atoms with Gasteiger partial charge in [0, 0.05) is 44.9 Å². The van der Waals surface area contributed by atoms with Gasteiger partial charge in [-0.05, 0) is 71.7 Å². The number of benzene rings is 1. The third-order valence-corrected chi connectivity index (χ3v) is 11.9. The van der Waals surface area contributed by atoms with Crippen LogP contribution in [0.2, 0.25) is 0 Å². The van der Waals surface area contributed by atoms with Gasteiger partial charge < -0.3 is 43.0 Å². The second-order valence-electron chi connectivity index (χ2n) is 16.6. The van der Waals surface area contributed by atoms with E-state index in [9.17, 15) is 24.3 Å². The number of aliphatic hydroxyl groups is 1. The van der Waals surface area contributed by atoms with Gasteiger partial charge in [-0.15, -0.1) is 0 Å². The average Bonchev–Trinajstić information content (AvgIpc) is 3.58. The van der Waals surface area contributed by atoms with Crippen LogP contribution in [0, 0.1) is 16.7 Å². The second kappa shape index (κ2) is 12.6. The molecule has 2 heterocycles. The fraction of sp³-hybridized carbons (Fsp3) is 0.692. The van der Waals surface area contributed by atoms with Crippen LogP contribution in [0.25, 0.3) is 0 Å². The molecule has 3 aliphatic carbocycles. The van der Waals surface area contributed by atoms with Gasteiger partial charge in [-0.2, -0.15) is 0 Å². The molecular weight excluding hydrogens is 676 g/mol. The number of hydrogen-bond donors (Lipinski definition) is 1. The summed E-state index contributed by atoms with van der Waals surface area (Å²) in [6.45, 7) is 17.5. The summed E-state index contributed by atoms with van der Waals surface area (Å²) in [5, 5.41) is 12.7. The maximum absolute atomic E-state index is 14.5. The minimum Gasteiger partial charge on any atom is -0.463 e. The van der Waals surface area contributed by atoms with Gasteiger partial charge in [0.1, 0.15) is 42.7 Å². The van der Waals surface area contributed by atoms with Crippen molar-refractivity contribution in [3.63, 3.8) is 0 Å². The van der Waals surface area contributed by atoms with Gasteiger partial charge in [0.05, 0.1) is 22.7 Å². The molecule has 13 heteroatoms. The first kappa shape index (κ1) is 38.4. The van der Waals surface area contributed by atoms with Crippen molar-refractivity contribution < 1.29 is 62.2 Å². The minimum absolute atomic E-state index is 0.0135. The Balaban J connectivity index is 1.75. The highest BCUT2D eigenvalue weighted by atomic mass is 16.8. The predicted molar refractivity (Wildman–Crippen MR) is 182 cm³/mol. The normalized spacial score (nSPS) is 38.6. The molecule has 0 aromatic heterocycles. The summed E-state index contributed by atoms with van der Waals surface area (Å²) in [6.07, 6.45) is -5.76. The molecule has 0 amide bonds. The third kappa shape index (κ3) is 5.96. The number of carbonyl (C=O) groups excluding carboxylic acids is 4. The van der Waals surface area contributed by atoms with E-state index in [1.54, 1.807) is 71.9 Å². The molecule has 1 aromatic rings. The second-order valence-corrected chi connectivity index (χ2v) is 16.6. The molecule has 2 saturated carbocycles. The van der Waals surface area contributed by atoms with Gasteiger partial charge >= 0.3 is 23.9 Å². The smallest absolute Gasteiger partial charge is 0.338 e. The third-order valence-electron chi connectivity index (χ3n) is 11.9. The maximum atomic E-state index is 14.5. The summed E-state index contributed by atoms with van der Waals surface area (Å²) in [7, 11) is 0. The van der Waals surface area contributed by atoms with Crippen LogP contribution in [-0.4, -0.2) is 95.0 Å². The van der Waals surface area contributed by atoms with Gasteiger partial charge in [0.25, 0.3) is 0 Å². The average molecular weight is 729 g/mol. The van der Waals surface area contributed by atoms with E-state index in [1.807, 2.05) is 13.8 Å². The Morgan fingerprint density at radius 2 is 1.50 bits per heavy atom. The molecule has 0 bridgehead atoms. The van der Waals surface area contributed by atoms with E-state index in [4.69, 9.17) is 37.9 Å². The summed E-state index contributed by atoms with van der Waals surface area (Å²) >= 11 is 0. The lowest BCUT2D eigenvalue weighted by atomic mass is 9.50. The maximum Gasteiger partial charge on any atom is 0.338 e. The Kier molecular flexibility index (Phi) is 9.31. The molecule has 5 aliphatic rings. The summed E-state index contributed by atoms with van der Waals surface area (Å²) in [5.41, 5.74) is -4.78. The molecule has 0 radical (unpaired) electrons. The summed E-state index contributed by atoms with van der Waals surface area (Å²) in [6, 6.07) is 8.43. The van der Waals surface area contributed by atoms with E-state index in [0.717, 1.165) is 0 Å². The fourth-order valence-electron chi connectivity index (χ4n) is 10.1. The summed E-state index contributed by atoms with van der Waals surface area (Å²) < 4.78 is 52.0. The predicted octanol–water partition coefficient (Wildman–Crippen LogP) is 4.57. The van der Waals surface area contributed by atoms with Gasteiger partial charge in [-0.1, -0.05) is 25.1 Å². The van der Waals surface area contributed by atoms with Crippen LogP contribution in [0.1, 0.15) is 99.4 Å². The van der Waals surface area contributed by atoms with Crippen LogP contribution in [-0.2, 0) is 52.3 Å². The molecule has 286 valence electrons. The Morgan fingerprint density at radius 1 is 0.865 bits per heavy atom. The van der Waals surface area contributed by atoms with Crippen LogP contribution < -0.4 is 0 Å². The highest BCUT2D eigenvalue weighted by Crippen LogP contribution is 2.70. The van der Waals surface area contributed by atoms with Crippen molar-refractivity contribution in [2.75, 3.05) is 6.61 Å². The first-order chi connectivity index (χ1) is 24.0. The van der Waals surface area contributed by atoms with Crippen LogP contribution in [0.3, 0.4) is 0 Å². The highest BCUT2D eigenvalue weighted by molar-refractivity contribution is 5.89. The zero-order valence-electron chi connectivity index (χ0n) is 31.9. The molecule has 1 unspecified atom stereocenters. The summed E-state index contributed by atoms with van der Waals surface area (Å²) in [4.78, 5) is 52.7. The number of ether oxygens (including phenoxy) is 8. The lowest BCUT2D eigenvalue weighted by Gasteiger charge is -2.60. The van der Waals surface area contributed by atoms with Crippen molar-refractivity contribution in [2.45, 2.75) is 148 Å². The van der Waals surface area contributed by atoms with Crippen molar-refractivity contribution in [1.29, 1.82) is 0 Å². The van der Waals surface area contributed by atoms with Gasteiger partial charge in [-0.3, -0.25) is 14.4 Å². The van der Waals surface area contributed by atoms with E-state index < -0.39 is 100 Å². The van der Waals surface area contributed by atoms with Crippen molar-refractivity contribution in [2.24, 2.45) is 16.7 Å². The Labute approximate surface area is 304 Å². The van der Waals surface area contributed by atoms with Crippen LogP contribution in [0.4, 0.5) is 0 Å². The molecule has 0 spiro atoms. The van der Waals surface area contributed by atoms with E-state index in [2.05, 4.69) is 0 Å². The molecule has 1 N–H and O–H groups in total. The standard InChI is InChI=1S/C39H52O13/c1-20-25(46-22(3)41)18-38(34(5,6)44)28(20)29-31(51-35(7,8)50-29)37(11)26(47-23(4)42)17-27-39(19-45-21(2)40,52-36(9,10)49-27)30(37)32(38)48-33(43)24-15-13-12-14-16-24/h12-16,25-27,29-32,44H,17-19H2,1-11H3/t25?,26-,27+,29+,30-,31-,32-,37+,38+,39-/m0/s1. The Morgan fingerprint density at radius 3 is 2.08 bits per heavy atom. The molecule has 2 aliphatic heterocycles. The molecule has 13 nitrogen and oxygen atoms in total. The quantitative estimate of drug-likeness (QED) is 0.236. The zero-order chi connectivity index (χ0) is 38.4. The highest BCUT2D eigenvalue weighted by Gasteiger charge is 2.81. The monoisotopic (exact) mass is 728 g/mol. The Hall–Kier alpha value is -3.36. The number of rotatable bonds is 7. The van der Waals surface area contributed by atoms with Gasteiger partial charge in [0.2, 0.25) is 0 Å². The number of hydrogen-bond acceptors (Lipinski definition) is 13. The summed E-state index contributed by atoms with van der Waals surface area (Å²) in [5.74, 6) is -5.92. The van der Waals surface area contributed by atoms with E-state index in [0.29, 0.717) is 11.1 Å². The molecule has 2 saturated heterocycles. The van der Waals surface area contributed by atoms with Crippen molar-refractivity contribution in [1.82, 2.24) is 0 Å². The zero-order valence-corrected chi connectivity index (χ0v) is 31.9. The molecular formula is C39H52O13. The molecule has 10 atom stereocenters. The largest absolute Gasteiger partial charge is 0.463 e. The van der Waals surface area contributed by atoms with Gasteiger partial charge in [0.15, 0.2) is 11.6 Å². The SMILES string of the molecule is CC(=O)OC[C@]12OC(C)(C)O[C@@H]1C[C@H](OC(C)=O)[C@]1(C)[C@@H]2[C@H](OC(=O)c2ccccc2)[C@@]2(C(C)(C)O)CC(OC(C)=O)C(C)=C2[C@H]2OC(C)(C)O[C@@H]21. The van der Waals surface area contributed by atoms with Crippen molar-refractivity contribution in [3.8, 4) is 0 Å². The lowest BCUT2D eigenvalue weighted by molar-refractivity contribution is -0.279. The van der Waals surface area contributed by atoms with Crippen molar-refractivity contribution >= 4 is 23.9 Å².